The number of anilines is 3. The van der Waals surface area contributed by atoms with Crippen molar-refractivity contribution < 1.29 is 31.9 Å². The molecule has 0 atom stereocenters. The quantitative estimate of drug-likeness (QED) is 0.489. The maximum atomic E-state index is 14.1. The Morgan fingerprint density at radius 3 is 2.55 bits per heavy atom. The summed E-state index contributed by atoms with van der Waals surface area (Å²) in [4.78, 5) is 26.8. The molecule has 0 bridgehead atoms. The van der Waals surface area contributed by atoms with E-state index in [1.807, 2.05) is 6.92 Å². The van der Waals surface area contributed by atoms with Crippen molar-refractivity contribution in [1.82, 2.24) is 0 Å². The normalized spacial score (nSPS) is 14.9. The summed E-state index contributed by atoms with van der Waals surface area (Å²) in [6, 6.07) is 14.3. The number of hydrogen-bond donors (Lipinski definition) is 1. The first kappa shape index (κ1) is 25.5. The highest BCUT2D eigenvalue weighted by molar-refractivity contribution is 7.92. The van der Waals surface area contributed by atoms with Crippen LogP contribution in [0.15, 0.2) is 65.6 Å². The second-order valence-electron chi connectivity index (χ2n) is 9.00. The molecule has 1 saturated heterocycles. The summed E-state index contributed by atoms with van der Waals surface area (Å²) >= 11 is 0. The van der Waals surface area contributed by atoms with Crippen molar-refractivity contribution in [2.45, 2.75) is 24.7 Å². The van der Waals surface area contributed by atoms with E-state index in [1.54, 1.807) is 23.1 Å². The molecule has 0 aromatic heterocycles. The zero-order valence-corrected chi connectivity index (χ0v) is 21.5. The van der Waals surface area contributed by atoms with E-state index in [-0.39, 0.29) is 28.8 Å². The molecule has 198 valence electrons. The van der Waals surface area contributed by atoms with Gasteiger partial charge in [-0.15, -0.1) is 0 Å². The topological polar surface area (TPSA) is 105 Å². The molecule has 1 fully saturated rings. The van der Waals surface area contributed by atoms with E-state index in [4.69, 9.17) is 9.47 Å². The molecule has 0 unspecified atom stereocenters. The second-order valence-corrected chi connectivity index (χ2v) is 10.9. The van der Waals surface area contributed by atoms with Gasteiger partial charge < -0.3 is 19.7 Å². The van der Waals surface area contributed by atoms with E-state index < -0.39 is 28.3 Å². The standard InChI is InChI=1S/C27H26FN3O6S/c1-18-14-20(7-9-23(18)30-11-3-6-27(30)33)29-26(32)17-31(21-5-2-4-19(28)15-21)38(34,35)22-8-10-24-25(16-22)37-13-12-36-24/h2,4-5,7-10,14-16H,3,6,11-13,17H2,1H3,(H,29,32). The Morgan fingerprint density at radius 2 is 1.84 bits per heavy atom. The van der Waals surface area contributed by atoms with Crippen molar-refractivity contribution in [1.29, 1.82) is 0 Å². The third-order valence-corrected chi connectivity index (χ3v) is 8.10. The molecule has 1 N–H and O–H groups in total. The van der Waals surface area contributed by atoms with Crippen molar-refractivity contribution in [2.24, 2.45) is 0 Å². The van der Waals surface area contributed by atoms with Gasteiger partial charge in [-0.05, 0) is 67.4 Å². The van der Waals surface area contributed by atoms with Crippen LogP contribution in [0, 0.1) is 12.7 Å². The van der Waals surface area contributed by atoms with Gasteiger partial charge in [-0.25, -0.2) is 12.8 Å². The van der Waals surface area contributed by atoms with Crippen LogP contribution in [0.2, 0.25) is 0 Å². The Bertz CT molecular complexity index is 1510. The van der Waals surface area contributed by atoms with E-state index in [0.717, 1.165) is 28.0 Å². The largest absolute Gasteiger partial charge is 0.486 e. The van der Waals surface area contributed by atoms with Crippen LogP contribution in [0.25, 0.3) is 0 Å². The molecular weight excluding hydrogens is 513 g/mol. The Morgan fingerprint density at radius 1 is 1.05 bits per heavy atom. The van der Waals surface area contributed by atoms with E-state index in [2.05, 4.69) is 5.32 Å². The summed E-state index contributed by atoms with van der Waals surface area (Å²) in [6.07, 6.45) is 1.30. The molecule has 2 heterocycles. The van der Waals surface area contributed by atoms with Crippen LogP contribution in [0.1, 0.15) is 18.4 Å². The molecule has 0 radical (unpaired) electrons. The molecule has 0 spiro atoms. The first-order valence-electron chi connectivity index (χ1n) is 12.1. The van der Waals surface area contributed by atoms with E-state index >= 15 is 0 Å². The molecule has 0 saturated carbocycles. The van der Waals surface area contributed by atoms with E-state index in [9.17, 15) is 22.4 Å². The number of fused-ring (bicyclic) bond motifs is 1. The predicted molar refractivity (Wildman–Crippen MR) is 140 cm³/mol. The monoisotopic (exact) mass is 539 g/mol. The van der Waals surface area contributed by atoms with Crippen molar-refractivity contribution in [2.75, 3.05) is 40.8 Å². The van der Waals surface area contributed by atoms with Crippen molar-refractivity contribution in [3.63, 3.8) is 0 Å². The number of ether oxygens (including phenoxy) is 2. The average molecular weight is 540 g/mol. The number of halogens is 1. The van der Waals surface area contributed by atoms with Gasteiger partial charge >= 0.3 is 0 Å². The van der Waals surface area contributed by atoms with Crippen LogP contribution in [-0.2, 0) is 19.6 Å². The fourth-order valence-corrected chi connectivity index (χ4v) is 5.96. The lowest BCUT2D eigenvalue weighted by Crippen LogP contribution is -2.38. The van der Waals surface area contributed by atoms with Gasteiger partial charge in [0.2, 0.25) is 11.8 Å². The number of aryl methyl sites for hydroxylation is 1. The van der Waals surface area contributed by atoms with E-state index in [0.29, 0.717) is 31.0 Å². The predicted octanol–water partition coefficient (Wildman–Crippen LogP) is 3.87. The SMILES string of the molecule is Cc1cc(NC(=O)CN(c2cccc(F)c2)S(=O)(=O)c2ccc3c(c2)OCCO3)ccc1N1CCCC1=O. The zero-order valence-electron chi connectivity index (χ0n) is 20.6. The minimum atomic E-state index is -4.30. The fourth-order valence-electron chi connectivity index (χ4n) is 4.53. The molecule has 2 aliphatic heterocycles. The molecule has 0 aliphatic carbocycles. The molecule has 3 aromatic carbocycles. The Hall–Kier alpha value is -4.12. The van der Waals surface area contributed by atoms with Gasteiger partial charge in [0.05, 0.1) is 10.6 Å². The lowest BCUT2D eigenvalue weighted by Gasteiger charge is -2.25. The maximum absolute atomic E-state index is 14.1. The zero-order chi connectivity index (χ0) is 26.9. The summed E-state index contributed by atoms with van der Waals surface area (Å²) in [5.74, 6) is -0.527. The van der Waals surface area contributed by atoms with Crippen molar-refractivity contribution >= 4 is 38.9 Å². The van der Waals surface area contributed by atoms with Crippen molar-refractivity contribution in [3.8, 4) is 11.5 Å². The van der Waals surface area contributed by atoms with Gasteiger partial charge in [-0.2, -0.15) is 0 Å². The maximum Gasteiger partial charge on any atom is 0.264 e. The molecule has 5 rings (SSSR count). The third kappa shape index (κ3) is 5.14. The molecule has 9 nitrogen and oxygen atoms in total. The molecule has 2 aliphatic rings. The first-order chi connectivity index (χ1) is 18.2. The van der Waals surface area contributed by atoms with Crippen LogP contribution in [0.4, 0.5) is 21.5 Å². The summed E-state index contributed by atoms with van der Waals surface area (Å²) in [7, 11) is -4.30. The van der Waals surface area contributed by atoms with Crippen LogP contribution < -0.4 is 24.0 Å². The number of hydrogen-bond acceptors (Lipinski definition) is 6. The molecule has 38 heavy (non-hydrogen) atoms. The van der Waals surface area contributed by atoms with Gasteiger partial charge in [0.1, 0.15) is 25.6 Å². The molecular formula is C27H26FN3O6S. The second kappa shape index (κ2) is 10.3. The number of nitrogens with zero attached hydrogens (tertiary/aromatic N) is 2. The average Bonchev–Trinajstić information content (AvgIpc) is 3.32. The van der Waals surface area contributed by atoms with Crippen LogP contribution >= 0.6 is 0 Å². The van der Waals surface area contributed by atoms with Gasteiger partial charge in [-0.1, -0.05) is 6.07 Å². The van der Waals surface area contributed by atoms with Crippen LogP contribution in [0.5, 0.6) is 11.5 Å². The first-order valence-corrected chi connectivity index (χ1v) is 13.6. The number of rotatable bonds is 7. The number of amides is 2. The number of carbonyl (C=O) groups is 2. The van der Waals surface area contributed by atoms with E-state index in [1.165, 1.54) is 36.4 Å². The van der Waals surface area contributed by atoms with Gasteiger partial charge in [-0.3, -0.25) is 13.9 Å². The minimum absolute atomic E-state index is 0.00545. The van der Waals surface area contributed by atoms with Crippen molar-refractivity contribution in [3.05, 3.63) is 72.0 Å². The van der Waals surface area contributed by atoms with Gasteiger partial charge in [0, 0.05) is 30.4 Å². The van der Waals surface area contributed by atoms with Gasteiger partial charge in [0.15, 0.2) is 11.5 Å². The summed E-state index contributed by atoms with van der Waals surface area (Å²) in [5.41, 5.74) is 2.00. The number of benzene rings is 3. The van der Waals surface area contributed by atoms with Gasteiger partial charge in [0.25, 0.3) is 10.0 Å². The smallest absolute Gasteiger partial charge is 0.264 e. The highest BCUT2D eigenvalue weighted by Gasteiger charge is 2.29. The fraction of sp³-hybridized carbons (Fsp3) is 0.259. The Balaban J connectivity index is 1.41. The summed E-state index contributed by atoms with van der Waals surface area (Å²) in [6.45, 7) is 2.50. The molecule has 2 amide bonds. The molecule has 3 aromatic rings. The number of nitrogens with one attached hydrogen (secondary N) is 1. The number of carbonyl (C=O) groups excluding carboxylic acids is 2. The summed E-state index contributed by atoms with van der Waals surface area (Å²) < 4.78 is 53.3. The Kier molecular flexibility index (Phi) is 6.94. The van der Waals surface area contributed by atoms with Crippen LogP contribution in [-0.4, -0.2) is 46.5 Å². The highest BCUT2D eigenvalue weighted by atomic mass is 32.2. The Labute approximate surface area is 219 Å². The van der Waals surface area contributed by atoms with Crippen LogP contribution in [0.3, 0.4) is 0 Å². The summed E-state index contributed by atoms with van der Waals surface area (Å²) in [5, 5.41) is 2.71. The third-order valence-electron chi connectivity index (χ3n) is 6.33. The highest BCUT2D eigenvalue weighted by Crippen LogP contribution is 2.34. The number of sulfonamides is 1. The lowest BCUT2D eigenvalue weighted by atomic mass is 10.1. The molecule has 11 heteroatoms. The minimum Gasteiger partial charge on any atom is -0.486 e. The lowest BCUT2D eigenvalue weighted by molar-refractivity contribution is -0.117.